The van der Waals surface area contributed by atoms with Crippen LogP contribution in [0, 0.1) is 17.3 Å². The predicted octanol–water partition coefficient (Wildman–Crippen LogP) is 2.89. The minimum atomic E-state index is 0.216. The molecule has 2 aliphatic rings. The summed E-state index contributed by atoms with van der Waals surface area (Å²) in [5.74, 6) is 1.47. The minimum Gasteiger partial charge on any atom is -0.381 e. The fraction of sp³-hybridized carbons (Fsp3) is 1.00. The number of hydrogen-bond donors (Lipinski definition) is 1. The van der Waals surface area contributed by atoms with Crippen molar-refractivity contribution in [3.8, 4) is 0 Å². The lowest BCUT2D eigenvalue weighted by Crippen LogP contribution is -2.60. The van der Waals surface area contributed by atoms with Crippen molar-refractivity contribution in [2.45, 2.75) is 58.4 Å². The third-order valence-corrected chi connectivity index (χ3v) is 6.00. The second kappa shape index (κ2) is 6.33. The molecule has 3 nitrogen and oxygen atoms in total. The maximum atomic E-state index is 6.26. The van der Waals surface area contributed by atoms with Crippen LogP contribution in [0.15, 0.2) is 0 Å². The Bertz CT molecular complexity index is 312. The summed E-state index contributed by atoms with van der Waals surface area (Å²) < 4.78 is 5.48. The fourth-order valence-corrected chi connectivity index (χ4v) is 4.45. The quantitative estimate of drug-likeness (QED) is 0.861. The standard InChI is InChI=1S/C17H34N2O/c1-14-11-16(2,3)7-8-17(14,13-18)19(4)12-15-5-9-20-10-6-15/h14-15H,5-13,18H2,1-4H3. The van der Waals surface area contributed by atoms with Gasteiger partial charge in [0.15, 0.2) is 0 Å². The van der Waals surface area contributed by atoms with Crippen LogP contribution >= 0.6 is 0 Å². The average Bonchev–Trinajstić information content (AvgIpc) is 2.39. The molecule has 0 aromatic rings. The molecule has 2 unspecified atom stereocenters. The van der Waals surface area contributed by atoms with Gasteiger partial charge in [0.05, 0.1) is 0 Å². The minimum absolute atomic E-state index is 0.216. The number of ether oxygens (including phenoxy) is 1. The summed E-state index contributed by atoms with van der Waals surface area (Å²) in [5, 5.41) is 0. The highest BCUT2D eigenvalue weighted by Crippen LogP contribution is 2.46. The van der Waals surface area contributed by atoms with E-state index < -0.39 is 0 Å². The van der Waals surface area contributed by atoms with Gasteiger partial charge in [-0.3, -0.25) is 4.90 Å². The van der Waals surface area contributed by atoms with Crippen molar-refractivity contribution in [3.63, 3.8) is 0 Å². The second-order valence-electron chi connectivity index (χ2n) is 8.01. The first-order valence-electron chi connectivity index (χ1n) is 8.39. The number of rotatable bonds is 4. The van der Waals surface area contributed by atoms with Crippen molar-refractivity contribution in [2.75, 3.05) is 33.4 Å². The Balaban J connectivity index is 2.02. The third kappa shape index (κ3) is 3.37. The van der Waals surface area contributed by atoms with Crippen molar-refractivity contribution in [1.29, 1.82) is 0 Å². The highest BCUT2D eigenvalue weighted by atomic mass is 16.5. The van der Waals surface area contributed by atoms with Crippen LogP contribution in [0.1, 0.15) is 52.9 Å². The maximum absolute atomic E-state index is 6.26. The molecule has 2 rings (SSSR count). The van der Waals surface area contributed by atoms with Crippen LogP contribution in [0.25, 0.3) is 0 Å². The van der Waals surface area contributed by atoms with E-state index in [0.29, 0.717) is 11.3 Å². The first kappa shape index (κ1) is 16.3. The molecule has 1 aliphatic heterocycles. The van der Waals surface area contributed by atoms with Crippen LogP contribution in [-0.2, 0) is 4.74 Å². The van der Waals surface area contributed by atoms with Crippen LogP contribution in [0.5, 0.6) is 0 Å². The second-order valence-corrected chi connectivity index (χ2v) is 8.01. The molecule has 0 radical (unpaired) electrons. The van der Waals surface area contributed by atoms with E-state index >= 15 is 0 Å². The van der Waals surface area contributed by atoms with E-state index in [1.165, 1.54) is 38.6 Å². The summed E-state index contributed by atoms with van der Waals surface area (Å²) in [6, 6.07) is 0. The molecular weight excluding hydrogens is 248 g/mol. The summed E-state index contributed by atoms with van der Waals surface area (Å²) in [7, 11) is 2.30. The van der Waals surface area contributed by atoms with Crippen molar-refractivity contribution < 1.29 is 4.74 Å². The van der Waals surface area contributed by atoms with Gasteiger partial charge in [-0.15, -0.1) is 0 Å². The SMILES string of the molecule is CC1CC(C)(C)CCC1(CN)N(C)CC1CCOCC1. The van der Waals surface area contributed by atoms with Crippen molar-refractivity contribution in [3.05, 3.63) is 0 Å². The Morgan fingerprint density at radius 3 is 2.40 bits per heavy atom. The molecule has 2 atom stereocenters. The Kier molecular flexibility index (Phi) is 5.14. The number of nitrogens with zero attached hydrogens (tertiary/aromatic N) is 1. The van der Waals surface area contributed by atoms with Gasteiger partial charge >= 0.3 is 0 Å². The first-order chi connectivity index (χ1) is 9.39. The van der Waals surface area contributed by atoms with Crippen molar-refractivity contribution in [2.24, 2.45) is 23.0 Å². The highest BCUT2D eigenvalue weighted by Gasteiger charge is 2.45. The molecular formula is C17H34N2O. The van der Waals surface area contributed by atoms with Gasteiger partial charge in [-0.2, -0.15) is 0 Å². The molecule has 0 amide bonds. The van der Waals surface area contributed by atoms with E-state index in [9.17, 15) is 0 Å². The highest BCUT2D eigenvalue weighted by molar-refractivity contribution is 5.01. The van der Waals surface area contributed by atoms with Gasteiger partial charge in [0.2, 0.25) is 0 Å². The molecule has 2 N–H and O–H groups in total. The normalized spacial score (nSPS) is 35.4. The Labute approximate surface area is 125 Å². The first-order valence-corrected chi connectivity index (χ1v) is 8.39. The fourth-order valence-electron chi connectivity index (χ4n) is 4.45. The Hall–Kier alpha value is -0.120. The van der Waals surface area contributed by atoms with Crippen molar-refractivity contribution >= 4 is 0 Å². The molecule has 0 aromatic heterocycles. The van der Waals surface area contributed by atoms with Gasteiger partial charge < -0.3 is 10.5 Å². The van der Waals surface area contributed by atoms with Crippen LogP contribution in [0.3, 0.4) is 0 Å². The zero-order valence-electron chi connectivity index (χ0n) is 14.0. The summed E-state index contributed by atoms with van der Waals surface area (Å²) in [6.07, 6.45) is 6.27. The van der Waals surface area contributed by atoms with E-state index in [0.717, 1.165) is 25.7 Å². The lowest BCUT2D eigenvalue weighted by Gasteiger charge is -2.53. The van der Waals surface area contributed by atoms with Crippen LogP contribution < -0.4 is 5.73 Å². The van der Waals surface area contributed by atoms with Gasteiger partial charge in [0.25, 0.3) is 0 Å². The molecule has 1 heterocycles. The van der Waals surface area contributed by atoms with Gasteiger partial charge in [0.1, 0.15) is 0 Å². The molecule has 1 saturated carbocycles. The lowest BCUT2D eigenvalue weighted by molar-refractivity contribution is -0.0267. The predicted molar refractivity (Wildman–Crippen MR) is 84.8 cm³/mol. The zero-order valence-corrected chi connectivity index (χ0v) is 14.0. The average molecular weight is 282 g/mol. The summed E-state index contributed by atoms with van der Waals surface area (Å²) in [5.41, 5.74) is 6.96. The molecule has 0 bridgehead atoms. The number of hydrogen-bond acceptors (Lipinski definition) is 3. The van der Waals surface area contributed by atoms with Crippen LogP contribution in [-0.4, -0.2) is 43.8 Å². The third-order valence-electron chi connectivity index (χ3n) is 6.00. The van der Waals surface area contributed by atoms with E-state index in [4.69, 9.17) is 10.5 Å². The largest absolute Gasteiger partial charge is 0.381 e. The molecule has 118 valence electrons. The Morgan fingerprint density at radius 1 is 1.20 bits per heavy atom. The van der Waals surface area contributed by atoms with E-state index in [2.05, 4.69) is 32.7 Å². The monoisotopic (exact) mass is 282 g/mol. The summed E-state index contributed by atoms with van der Waals surface area (Å²) in [6.45, 7) is 11.1. The van der Waals surface area contributed by atoms with E-state index in [1.807, 2.05) is 0 Å². The van der Waals surface area contributed by atoms with Crippen LogP contribution in [0.4, 0.5) is 0 Å². The lowest BCUT2D eigenvalue weighted by atomic mass is 9.63. The number of nitrogens with two attached hydrogens (primary N) is 1. The molecule has 1 aliphatic carbocycles. The van der Waals surface area contributed by atoms with Crippen molar-refractivity contribution in [1.82, 2.24) is 4.90 Å². The molecule has 0 spiro atoms. The summed E-state index contributed by atoms with van der Waals surface area (Å²) >= 11 is 0. The maximum Gasteiger partial charge on any atom is 0.0469 e. The summed E-state index contributed by atoms with van der Waals surface area (Å²) in [4.78, 5) is 2.60. The zero-order chi connectivity index (χ0) is 14.8. The Morgan fingerprint density at radius 2 is 1.85 bits per heavy atom. The van der Waals surface area contributed by atoms with Gasteiger partial charge in [-0.25, -0.2) is 0 Å². The topological polar surface area (TPSA) is 38.5 Å². The smallest absolute Gasteiger partial charge is 0.0469 e. The molecule has 3 heteroatoms. The van der Waals surface area contributed by atoms with E-state index in [-0.39, 0.29) is 5.54 Å². The molecule has 1 saturated heterocycles. The van der Waals surface area contributed by atoms with Crippen LogP contribution in [0.2, 0.25) is 0 Å². The molecule has 2 fully saturated rings. The number of likely N-dealkylation sites (N-methyl/N-ethyl adjacent to an activating group) is 1. The van der Waals surface area contributed by atoms with Gasteiger partial charge in [0, 0.05) is 31.8 Å². The molecule has 0 aromatic carbocycles. The molecule has 20 heavy (non-hydrogen) atoms. The van der Waals surface area contributed by atoms with Gasteiger partial charge in [-0.1, -0.05) is 20.8 Å². The van der Waals surface area contributed by atoms with E-state index in [1.54, 1.807) is 0 Å². The van der Waals surface area contributed by atoms with Gasteiger partial charge in [-0.05, 0) is 56.4 Å².